The summed E-state index contributed by atoms with van der Waals surface area (Å²) in [6.07, 6.45) is 5.39. The number of amides is 1. The van der Waals surface area contributed by atoms with E-state index >= 15 is 0 Å². The largest absolute Gasteiger partial charge is 0.332 e. The molecule has 2 atom stereocenters. The molecule has 0 aromatic heterocycles. The highest BCUT2D eigenvalue weighted by atomic mass is 16.2. The van der Waals surface area contributed by atoms with Crippen molar-refractivity contribution in [2.24, 2.45) is 5.92 Å². The lowest BCUT2D eigenvalue weighted by atomic mass is 9.93. The molecule has 2 saturated heterocycles. The van der Waals surface area contributed by atoms with Gasteiger partial charge in [0.05, 0.1) is 6.04 Å². The molecule has 2 fully saturated rings. The Morgan fingerprint density at radius 1 is 1.41 bits per heavy atom. The Hall–Kier alpha value is -1.12. The fraction of sp³-hybridized carbons (Fsp3) is 0.714. The summed E-state index contributed by atoms with van der Waals surface area (Å²) in [7, 11) is 0. The minimum atomic E-state index is -0.193. The van der Waals surface area contributed by atoms with Gasteiger partial charge in [-0.1, -0.05) is 26.3 Å². The second kappa shape index (κ2) is 5.03. The van der Waals surface area contributed by atoms with Crippen LogP contribution in [-0.2, 0) is 9.59 Å². The third-order valence-electron chi connectivity index (χ3n) is 3.94. The zero-order chi connectivity index (χ0) is 12.4. The number of Topliss-reactive ketones (excluding diaryl/α,β-unsaturated/α-hetero) is 1. The van der Waals surface area contributed by atoms with Gasteiger partial charge in [0.25, 0.3) is 0 Å². The van der Waals surface area contributed by atoms with E-state index in [9.17, 15) is 9.59 Å². The van der Waals surface area contributed by atoms with Gasteiger partial charge < -0.3 is 4.90 Å². The predicted molar refractivity (Wildman–Crippen MR) is 66.5 cm³/mol. The van der Waals surface area contributed by atoms with Gasteiger partial charge in [0.2, 0.25) is 5.91 Å². The fourth-order valence-electron chi connectivity index (χ4n) is 2.93. The standard InChI is InChI=1S/C14H21NO2/c1-3-4-6-11-9-10(2)13(16)12-7-5-8-15(12)14(11)17/h11-12H,2-9H2,1H3. The van der Waals surface area contributed by atoms with Crippen LogP contribution in [0.25, 0.3) is 0 Å². The molecule has 2 aliphatic heterocycles. The van der Waals surface area contributed by atoms with Crippen LogP contribution in [0.3, 0.4) is 0 Å². The molecule has 0 radical (unpaired) electrons. The number of ketones is 1. The van der Waals surface area contributed by atoms with Crippen molar-refractivity contribution in [3.8, 4) is 0 Å². The molecule has 94 valence electrons. The maximum Gasteiger partial charge on any atom is 0.226 e. The van der Waals surface area contributed by atoms with Crippen LogP contribution in [-0.4, -0.2) is 29.2 Å². The summed E-state index contributed by atoms with van der Waals surface area (Å²) in [6.45, 7) is 6.76. The smallest absolute Gasteiger partial charge is 0.226 e. The molecule has 0 aromatic rings. The van der Waals surface area contributed by atoms with Gasteiger partial charge in [0.1, 0.15) is 0 Å². The fourth-order valence-corrected chi connectivity index (χ4v) is 2.93. The topological polar surface area (TPSA) is 37.4 Å². The first kappa shape index (κ1) is 12.3. The Kier molecular flexibility index (Phi) is 3.65. The molecule has 0 saturated carbocycles. The van der Waals surface area contributed by atoms with Crippen LogP contribution < -0.4 is 0 Å². The predicted octanol–water partition coefficient (Wildman–Crippen LogP) is 2.31. The van der Waals surface area contributed by atoms with Crippen LogP contribution in [0.1, 0.15) is 45.4 Å². The highest BCUT2D eigenvalue weighted by Crippen LogP contribution is 2.31. The maximum absolute atomic E-state index is 12.4. The Bertz CT molecular complexity index is 348. The number of hydrogen-bond donors (Lipinski definition) is 0. The highest BCUT2D eigenvalue weighted by Gasteiger charge is 2.41. The molecule has 1 amide bonds. The van der Waals surface area contributed by atoms with E-state index in [1.165, 1.54) is 0 Å². The van der Waals surface area contributed by atoms with Crippen molar-refractivity contribution in [2.75, 3.05) is 6.54 Å². The SMILES string of the molecule is C=C1CC(CCCC)C(=O)N2CCCC2C1=O. The molecule has 2 aliphatic rings. The number of unbranched alkanes of at least 4 members (excludes halogenated alkanes) is 1. The molecule has 2 rings (SSSR count). The van der Waals surface area contributed by atoms with Crippen molar-refractivity contribution in [1.29, 1.82) is 0 Å². The molecular formula is C14H21NO2. The van der Waals surface area contributed by atoms with Crippen molar-refractivity contribution < 1.29 is 9.59 Å². The summed E-state index contributed by atoms with van der Waals surface area (Å²) < 4.78 is 0. The number of fused-ring (bicyclic) bond motifs is 1. The van der Waals surface area contributed by atoms with Gasteiger partial charge in [-0.05, 0) is 31.3 Å². The van der Waals surface area contributed by atoms with Crippen LogP contribution >= 0.6 is 0 Å². The number of rotatable bonds is 3. The van der Waals surface area contributed by atoms with E-state index < -0.39 is 0 Å². The van der Waals surface area contributed by atoms with Gasteiger partial charge in [0.15, 0.2) is 5.78 Å². The third-order valence-corrected chi connectivity index (χ3v) is 3.94. The summed E-state index contributed by atoms with van der Waals surface area (Å²) in [5, 5.41) is 0. The summed E-state index contributed by atoms with van der Waals surface area (Å²) in [5.74, 6) is 0.289. The molecule has 3 nitrogen and oxygen atoms in total. The van der Waals surface area contributed by atoms with Gasteiger partial charge in [-0.25, -0.2) is 0 Å². The minimum absolute atomic E-state index is 0.00509. The normalized spacial score (nSPS) is 29.5. The van der Waals surface area contributed by atoms with Crippen LogP contribution in [0, 0.1) is 5.92 Å². The number of hydrogen-bond acceptors (Lipinski definition) is 2. The van der Waals surface area contributed by atoms with Crippen LogP contribution in [0.2, 0.25) is 0 Å². The van der Waals surface area contributed by atoms with E-state index in [2.05, 4.69) is 13.5 Å². The number of carbonyl (C=O) groups excluding carboxylic acids is 2. The molecule has 0 spiro atoms. The molecule has 2 unspecified atom stereocenters. The van der Waals surface area contributed by atoms with Gasteiger partial charge >= 0.3 is 0 Å². The molecule has 17 heavy (non-hydrogen) atoms. The zero-order valence-electron chi connectivity index (χ0n) is 10.6. The second-order valence-electron chi connectivity index (χ2n) is 5.20. The van der Waals surface area contributed by atoms with Crippen LogP contribution in [0.4, 0.5) is 0 Å². The van der Waals surface area contributed by atoms with E-state index in [1.807, 2.05) is 0 Å². The maximum atomic E-state index is 12.4. The third kappa shape index (κ3) is 2.28. The molecule has 0 N–H and O–H groups in total. The number of carbonyl (C=O) groups is 2. The first-order chi connectivity index (χ1) is 8.15. The van der Waals surface area contributed by atoms with Crippen LogP contribution in [0.5, 0.6) is 0 Å². The quantitative estimate of drug-likeness (QED) is 0.704. The lowest BCUT2D eigenvalue weighted by molar-refractivity contribution is -0.138. The van der Waals surface area contributed by atoms with Crippen molar-refractivity contribution in [1.82, 2.24) is 4.90 Å². The van der Waals surface area contributed by atoms with E-state index in [4.69, 9.17) is 0 Å². The Labute approximate surface area is 103 Å². The lowest BCUT2D eigenvalue weighted by Crippen LogP contribution is -2.40. The summed E-state index contributed by atoms with van der Waals surface area (Å²) >= 11 is 0. The first-order valence-electron chi connectivity index (χ1n) is 6.67. The van der Waals surface area contributed by atoms with Crippen LogP contribution in [0.15, 0.2) is 12.2 Å². The molecule has 0 aliphatic carbocycles. The Morgan fingerprint density at radius 2 is 2.18 bits per heavy atom. The monoisotopic (exact) mass is 235 g/mol. The Morgan fingerprint density at radius 3 is 2.88 bits per heavy atom. The van der Waals surface area contributed by atoms with E-state index in [0.29, 0.717) is 12.0 Å². The molecule has 3 heteroatoms. The molecule has 0 bridgehead atoms. The molecular weight excluding hydrogens is 214 g/mol. The average molecular weight is 235 g/mol. The lowest BCUT2D eigenvalue weighted by Gasteiger charge is -2.23. The first-order valence-corrected chi connectivity index (χ1v) is 6.67. The highest BCUT2D eigenvalue weighted by molar-refractivity contribution is 6.03. The minimum Gasteiger partial charge on any atom is -0.332 e. The summed E-state index contributed by atoms with van der Waals surface area (Å²) in [6, 6.07) is -0.193. The van der Waals surface area contributed by atoms with Gasteiger partial charge in [-0.3, -0.25) is 9.59 Å². The van der Waals surface area contributed by atoms with Gasteiger partial charge in [-0.2, -0.15) is 0 Å². The Balaban J connectivity index is 2.18. The zero-order valence-corrected chi connectivity index (χ0v) is 10.6. The van der Waals surface area contributed by atoms with Crippen molar-refractivity contribution in [2.45, 2.75) is 51.5 Å². The van der Waals surface area contributed by atoms with Gasteiger partial charge in [0, 0.05) is 12.5 Å². The summed E-state index contributed by atoms with van der Waals surface area (Å²) in [4.78, 5) is 26.3. The number of nitrogens with zero attached hydrogens (tertiary/aromatic N) is 1. The summed E-state index contributed by atoms with van der Waals surface area (Å²) in [5.41, 5.74) is 0.661. The van der Waals surface area contributed by atoms with E-state index in [-0.39, 0.29) is 23.7 Å². The van der Waals surface area contributed by atoms with Crippen molar-refractivity contribution >= 4 is 11.7 Å². The molecule has 2 heterocycles. The van der Waals surface area contributed by atoms with Crippen molar-refractivity contribution in [3.05, 3.63) is 12.2 Å². The van der Waals surface area contributed by atoms with Gasteiger partial charge in [-0.15, -0.1) is 0 Å². The average Bonchev–Trinajstić information content (AvgIpc) is 2.78. The van der Waals surface area contributed by atoms with Crippen molar-refractivity contribution in [3.63, 3.8) is 0 Å². The molecule has 0 aromatic carbocycles. The van der Waals surface area contributed by atoms with E-state index in [0.717, 1.165) is 38.6 Å². The van der Waals surface area contributed by atoms with E-state index in [1.54, 1.807) is 4.90 Å². The second-order valence-corrected chi connectivity index (χ2v) is 5.20.